The van der Waals surface area contributed by atoms with Crippen molar-refractivity contribution in [3.63, 3.8) is 0 Å². The first-order chi connectivity index (χ1) is 12.8. The molecule has 0 aromatic rings. The van der Waals surface area contributed by atoms with E-state index < -0.39 is 10.7 Å². The first-order valence-corrected chi connectivity index (χ1v) is 11.9. The molecule has 1 unspecified atom stereocenters. The Morgan fingerprint density at radius 1 is 1.15 bits per heavy atom. The summed E-state index contributed by atoms with van der Waals surface area (Å²) in [5.74, 6) is -0.910. The van der Waals surface area contributed by atoms with Gasteiger partial charge in [-0.15, -0.1) is 12.6 Å². The highest BCUT2D eigenvalue weighted by atomic mass is 32.2. The molecule has 0 aliphatic heterocycles. The first kappa shape index (κ1) is 29.0. The zero-order chi connectivity index (χ0) is 21.0. The number of hydrogen-bond acceptors (Lipinski definition) is 5. The number of carboxylic acid groups (broad SMARTS) is 1. The quantitative estimate of drug-likeness (QED) is 0.154. The van der Waals surface area contributed by atoms with Crippen molar-refractivity contribution in [2.75, 3.05) is 0 Å². The fourth-order valence-electron chi connectivity index (χ4n) is 2.38. The standard InChI is InChI=1S/C13H26S.C7H9NO2S3/c1-2-3-4-5-6-7-8-9-10-11-12-13-14;1-7(4-8,13-6(11)12)3-2-5(9)10/h13H,2-12H2,1H3;2-3H2,1H3,(H,9,10)(H,11,12). The van der Waals surface area contributed by atoms with E-state index in [1.54, 1.807) is 6.92 Å². The fourth-order valence-corrected chi connectivity index (χ4v) is 4.34. The van der Waals surface area contributed by atoms with Crippen LogP contribution in [0, 0.1) is 11.3 Å². The molecular formula is C20H35NO2S4. The molecule has 0 aliphatic rings. The van der Waals surface area contributed by atoms with Crippen molar-refractivity contribution < 1.29 is 9.90 Å². The van der Waals surface area contributed by atoms with E-state index in [9.17, 15) is 4.79 Å². The van der Waals surface area contributed by atoms with Gasteiger partial charge in [-0.25, -0.2) is 0 Å². The van der Waals surface area contributed by atoms with Crippen LogP contribution in [0.2, 0.25) is 0 Å². The summed E-state index contributed by atoms with van der Waals surface area (Å²) in [5, 5.41) is 19.1. The lowest BCUT2D eigenvalue weighted by atomic mass is 10.1. The summed E-state index contributed by atoms with van der Waals surface area (Å²) in [6.45, 7) is 3.93. The minimum absolute atomic E-state index is 0.0343. The average Bonchev–Trinajstić information content (AvgIpc) is 2.62. The van der Waals surface area contributed by atoms with Crippen molar-refractivity contribution in [3.05, 3.63) is 0 Å². The zero-order valence-corrected chi connectivity index (χ0v) is 20.1. The van der Waals surface area contributed by atoms with Gasteiger partial charge in [-0.05, 0) is 31.6 Å². The van der Waals surface area contributed by atoms with Gasteiger partial charge in [0.15, 0.2) is 0 Å². The van der Waals surface area contributed by atoms with Crippen molar-refractivity contribution >= 4 is 63.7 Å². The van der Waals surface area contributed by atoms with Crippen LogP contribution in [0.3, 0.4) is 0 Å². The van der Waals surface area contributed by atoms with Crippen LogP contribution in [0.5, 0.6) is 0 Å². The van der Waals surface area contributed by atoms with Crippen LogP contribution in [0.15, 0.2) is 0 Å². The van der Waals surface area contributed by atoms with Gasteiger partial charge in [0.1, 0.15) is 8.28 Å². The molecule has 0 radical (unpaired) electrons. The van der Waals surface area contributed by atoms with Gasteiger partial charge >= 0.3 is 5.97 Å². The number of aliphatic carboxylic acids is 1. The Bertz CT molecular complexity index is 452. The van der Waals surface area contributed by atoms with Crippen LogP contribution in [0.4, 0.5) is 0 Å². The Kier molecular flexibility index (Phi) is 22.1. The minimum atomic E-state index is -0.910. The van der Waals surface area contributed by atoms with Gasteiger partial charge in [0.05, 0.1) is 6.07 Å². The second-order valence-corrected chi connectivity index (χ2v) is 10.3. The molecular weight excluding hydrogens is 414 g/mol. The summed E-state index contributed by atoms with van der Waals surface area (Å²) in [6, 6.07) is 2.03. The molecule has 156 valence electrons. The maximum Gasteiger partial charge on any atom is 0.303 e. The van der Waals surface area contributed by atoms with Crippen LogP contribution < -0.4 is 0 Å². The van der Waals surface area contributed by atoms with E-state index in [2.05, 4.69) is 19.6 Å². The summed E-state index contributed by atoms with van der Waals surface area (Å²) in [6.07, 6.45) is 15.5. The predicted octanol–water partition coefficient (Wildman–Crippen LogP) is 7.38. The van der Waals surface area contributed by atoms with Gasteiger partial charge in [0.2, 0.25) is 0 Å². The third-order valence-corrected chi connectivity index (χ3v) is 5.72. The van der Waals surface area contributed by atoms with Crippen molar-refractivity contribution in [3.8, 4) is 6.07 Å². The van der Waals surface area contributed by atoms with Crippen molar-refractivity contribution in [2.45, 2.75) is 102 Å². The average molecular weight is 450 g/mol. The van der Waals surface area contributed by atoms with E-state index in [1.165, 1.54) is 64.2 Å². The van der Waals surface area contributed by atoms with E-state index in [0.717, 1.165) is 18.2 Å². The van der Waals surface area contributed by atoms with Gasteiger partial charge in [-0.1, -0.05) is 101 Å². The van der Waals surface area contributed by atoms with Gasteiger partial charge < -0.3 is 5.11 Å². The van der Waals surface area contributed by atoms with Crippen LogP contribution in [-0.4, -0.2) is 24.7 Å². The van der Waals surface area contributed by atoms with E-state index in [1.807, 2.05) is 11.4 Å². The lowest BCUT2D eigenvalue weighted by Crippen LogP contribution is -2.19. The van der Waals surface area contributed by atoms with E-state index in [4.69, 9.17) is 34.8 Å². The molecule has 0 heterocycles. The number of nitrogens with zero attached hydrogens (tertiary/aromatic N) is 1. The molecule has 0 rings (SSSR count). The molecule has 0 aromatic heterocycles. The Morgan fingerprint density at radius 3 is 2.00 bits per heavy atom. The maximum atomic E-state index is 10.3. The summed E-state index contributed by atoms with van der Waals surface area (Å²) < 4.78 is -0.425. The molecule has 0 aromatic carbocycles. The zero-order valence-electron chi connectivity index (χ0n) is 16.7. The van der Waals surface area contributed by atoms with E-state index in [-0.39, 0.29) is 12.8 Å². The second kappa shape index (κ2) is 20.6. The number of thiocarbonyl (C=S) groups is 2. The number of carbonyl (C=O) groups is 1. The molecule has 3 nitrogen and oxygen atoms in total. The smallest absolute Gasteiger partial charge is 0.303 e. The molecule has 0 aliphatic carbocycles. The van der Waals surface area contributed by atoms with Crippen LogP contribution in [0.1, 0.15) is 97.3 Å². The Hall–Kier alpha value is -0.160. The monoisotopic (exact) mass is 449 g/mol. The predicted molar refractivity (Wildman–Crippen MR) is 130 cm³/mol. The molecule has 0 saturated heterocycles. The maximum absolute atomic E-state index is 10.3. The lowest BCUT2D eigenvalue weighted by molar-refractivity contribution is -0.137. The number of nitriles is 1. The van der Waals surface area contributed by atoms with Crippen molar-refractivity contribution in [2.24, 2.45) is 0 Å². The van der Waals surface area contributed by atoms with Crippen molar-refractivity contribution in [1.82, 2.24) is 0 Å². The Balaban J connectivity index is 0. The Morgan fingerprint density at radius 2 is 1.63 bits per heavy atom. The minimum Gasteiger partial charge on any atom is -0.481 e. The van der Waals surface area contributed by atoms with Gasteiger partial charge in [-0.2, -0.15) is 5.26 Å². The van der Waals surface area contributed by atoms with Crippen LogP contribution >= 0.6 is 48.8 Å². The highest BCUT2D eigenvalue weighted by Gasteiger charge is 2.26. The molecule has 27 heavy (non-hydrogen) atoms. The number of rotatable bonds is 15. The highest BCUT2D eigenvalue weighted by Crippen LogP contribution is 2.31. The Labute approximate surface area is 186 Å². The molecule has 0 saturated carbocycles. The van der Waals surface area contributed by atoms with Crippen LogP contribution in [-0.2, 0) is 4.79 Å². The summed E-state index contributed by atoms with van der Waals surface area (Å²) in [5.41, 5.74) is 0. The number of thioether (sulfide) groups is 1. The van der Waals surface area contributed by atoms with Crippen molar-refractivity contribution in [1.29, 1.82) is 5.26 Å². The normalized spacial score (nSPS) is 12.2. The van der Waals surface area contributed by atoms with Gasteiger partial charge in [0.25, 0.3) is 0 Å². The van der Waals surface area contributed by atoms with E-state index in [0.29, 0.717) is 3.53 Å². The van der Waals surface area contributed by atoms with Crippen LogP contribution in [0.25, 0.3) is 0 Å². The molecule has 0 amide bonds. The topological polar surface area (TPSA) is 61.1 Å². The second-order valence-electron chi connectivity index (χ2n) is 6.74. The number of hydrogen-bond donors (Lipinski definition) is 2. The molecule has 0 bridgehead atoms. The SMILES string of the molecule is CC(C#N)(CCC(=O)O)SC(=S)S.CCCCCCCCCCCCC=S. The van der Waals surface area contributed by atoms with E-state index >= 15 is 0 Å². The summed E-state index contributed by atoms with van der Waals surface area (Å²) in [4.78, 5) is 10.3. The highest BCUT2D eigenvalue weighted by molar-refractivity contribution is 8.42. The summed E-state index contributed by atoms with van der Waals surface area (Å²) in [7, 11) is 0. The molecule has 7 heteroatoms. The van der Waals surface area contributed by atoms with Gasteiger partial charge in [-0.3, -0.25) is 4.79 Å². The number of carboxylic acids is 1. The van der Waals surface area contributed by atoms with Gasteiger partial charge in [0, 0.05) is 6.42 Å². The largest absolute Gasteiger partial charge is 0.481 e. The third kappa shape index (κ3) is 23.8. The first-order valence-electron chi connectivity index (χ1n) is 9.80. The fraction of sp³-hybridized carbons (Fsp3) is 0.800. The molecule has 1 atom stereocenters. The number of unbranched alkanes of at least 4 members (excludes halogenated alkanes) is 10. The molecule has 0 fully saturated rings. The third-order valence-electron chi connectivity index (χ3n) is 4.04. The number of thiol groups is 1. The molecule has 0 spiro atoms. The lowest BCUT2D eigenvalue weighted by Gasteiger charge is -2.18. The summed E-state index contributed by atoms with van der Waals surface area (Å²) >= 11 is 14.5. The molecule has 1 N–H and O–H groups in total.